The van der Waals surface area contributed by atoms with E-state index in [2.05, 4.69) is 41.8 Å². The van der Waals surface area contributed by atoms with Crippen molar-refractivity contribution in [1.29, 1.82) is 0 Å². The number of ether oxygens (including phenoxy) is 1. The minimum Gasteiger partial charge on any atom is -0.444 e. The molecule has 1 amide bonds. The molecule has 5 heteroatoms. The molecular weight excluding hydrogens is 290 g/mol. The first-order valence-corrected chi connectivity index (χ1v) is 8.49. The molecule has 126 valence electrons. The zero-order valence-electron chi connectivity index (χ0n) is 14.4. The van der Waals surface area contributed by atoms with Gasteiger partial charge in [-0.3, -0.25) is 4.90 Å². The first-order chi connectivity index (χ1) is 11.0. The third-order valence-corrected chi connectivity index (χ3v) is 5.05. The summed E-state index contributed by atoms with van der Waals surface area (Å²) in [4.78, 5) is 18.0. The second-order valence-electron chi connectivity index (χ2n) is 6.77. The summed E-state index contributed by atoms with van der Waals surface area (Å²) in [5.41, 5.74) is 4.04. The molecule has 2 aliphatic heterocycles. The second kappa shape index (κ2) is 6.79. The van der Waals surface area contributed by atoms with Crippen LogP contribution in [0.25, 0.3) is 0 Å². The number of rotatable bonds is 4. The second-order valence-corrected chi connectivity index (χ2v) is 6.77. The predicted molar refractivity (Wildman–Crippen MR) is 92.1 cm³/mol. The minimum absolute atomic E-state index is 0.0604. The molecule has 0 aromatic heterocycles. The Morgan fingerprint density at radius 1 is 1.13 bits per heavy atom. The number of cyclic esters (lactones) is 1. The first kappa shape index (κ1) is 16.1. The molecule has 3 rings (SSSR count). The largest absolute Gasteiger partial charge is 0.444 e. The zero-order chi connectivity index (χ0) is 16.4. The van der Waals surface area contributed by atoms with E-state index in [9.17, 15) is 4.79 Å². The van der Waals surface area contributed by atoms with Gasteiger partial charge in [-0.25, -0.2) is 4.79 Å². The molecule has 1 aromatic rings. The fourth-order valence-corrected chi connectivity index (χ4v) is 3.28. The summed E-state index contributed by atoms with van der Waals surface area (Å²) in [6.45, 7) is 10.3. The number of carbonyl (C=O) groups excluding carboxylic acids is 1. The molecule has 1 aromatic carbocycles. The third kappa shape index (κ3) is 3.78. The zero-order valence-corrected chi connectivity index (χ0v) is 14.4. The van der Waals surface area contributed by atoms with Crippen LogP contribution < -0.4 is 4.90 Å². The Balaban J connectivity index is 1.45. The molecule has 0 radical (unpaired) electrons. The number of hydrogen-bond acceptors (Lipinski definition) is 4. The number of likely N-dealkylation sites (N-methyl/N-ethyl adjacent to an activating group) is 1. The summed E-state index contributed by atoms with van der Waals surface area (Å²) >= 11 is 0. The molecule has 0 aliphatic carbocycles. The average molecular weight is 317 g/mol. The summed E-state index contributed by atoms with van der Waals surface area (Å²) in [5, 5.41) is 0. The number of hydrogen-bond donors (Lipinski definition) is 0. The summed E-state index contributed by atoms with van der Waals surface area (Å²) in [7, 11) is 1.80. The molecular formula is C18H27N3O2. The summed E-state index contributed by atoms with van der Waals surface area (Å²) in [6.07, 6.45) is 0.805. The Hall–Kier alpha value is -1.75. The molecule has 2 saturated heterocycles. The lowest BCUT2D eigenvalue weighted by Gasteiger charge is -2.36. The maximum Gasteiger partial charge on any atom is 0.409 e. The quantitative estimate of drug-likeness (QED) is 0.853. The predicted octanol–water partition coefficient (Wildman–Crippen LogP) is 2.27. The number of benzene rings is 1. The highest BCUT2D eigenvalue weighted by Crippen LogP contribution is 2.20. The average Bonchev–Trinajstić information content (AvgIpc) is 2.87. The van der Waals surface area contributed by atoms with Crippen molar-refractivity contribution in [2.24, 2.45) is 0 Å². The molecule has 1 atom stereocenters. The van der Waals surface area contributed by atoms with Crippen molar-refractivity contribution in [3.8, 4) is 0 Å². The number of piperazine rings is 1. The van der Waals surface area contributed by atoms with Crippen LogP contribution in [0.3, 0.4) is 0 Å². The van der Waals surface area contributed by atoms with Crippen molar-refractivity contribution < 1.29 is 9.53 Å². The highest BCUT2D eigenvalue weighted by molar-refractivity contribution is 5.69. The van der Waals surface area contributed by atoms with Crippen LogP contribution >= 0.6 is 0 Å². The van der Waals surface area contributed by atoms with Crippen LogP contribution in [-0.2, 0) is 4.74 Å². The van der Waals surface area contributed by atoms with Gasteiger partial charge in [-0.2, -0.15) is 0 Å². The molecule has 2 fully saturated rings. The van der Waals surface area contributed by atoms with E-state index in [1.54, 1.807) is 11.9 Å². The van der Waals surface area contributed by atoms with Gasteiger partial charge in [0.15, 0.2) is 0 Å². The van der Waals surface area contributed by atoms with Crippen molar-refractivity contribution in [2.75, 3.05) is 51.2 Å². The highest BCUT2D eigenvalue weighted by Gasteiger charge is 2.28. The molecule has 0 bridgehead atoms. The molecule has 5 nitrogen and oxygen atoms in total. The summed E-state index contributed by atoms with van der Waals surface area (Å²) in [6, 6.07) is 6.73. The van der Waals surface area contributed by atoms with Gasteiger partial charge in [0.05, 0.1) is 6.54 Å². The van der Waals surface area contributed by atoms with Crippen molar-refractivity contribution in [1.82, 2.24) is 9.80 Å². The lowest BCUT2D eigenvalue weighted by molar-refractivity contribution is 0.121. The van der Waals surface area contributed by atoms with Crippen molar-refractivity contribution >= 4 is 11.8 Å². The Morgan fingerprint density at radius 2 is 1.87 bits per heavy atom. The molecule has 1 unspecified atom stereocenters. The number of carbonyl (C=O) groups is 1. The van der Waals surface area contributed by atoms with Gasteiger partial charge in [-0.15, -0.1) is 0 Å². The fourth-order valence-electron chi connectivity index (χ4n) is 3.28. The topological polar surface area (TPSA) is 36.0 Å². The SMILES string of the molecule is Cc1ccc(N2CCN(CCC3CN(C)C(=O)O3)CC2)cc1C. The van der Waals surface area contributed by atoms with Crippen LogP contribution in [0.2, 0.25) is 0 Å². The monoisotopic (exact) mass is 317 g/mol. The highest BCUT2D eigenvalue weighted by atomic mass is 16.6. The van der Waals surface area contributed by atoms with E-state index in [-0.39, 0.29) is 12.2 Å². The Bertz CT molecular complexity index is 567. The summed E-state index contributed by atoms with van der Waals surface area (Å²) < 4.78 is 5.33. The van der Waals surface area contributed by atoms with Crippen molar-refractivity contribution in [3.05, 3.63) is 29.3 Å². The Morgan fingerprint density at radius 3 is 2.48 bits per heavy atom. The van der Waals surface area contributed by atoms with Crippen LogP contribution in [0.1, 0.15) is 17.5 Å². The van der Waals surface area contributed by atoms with E-state index >= 15 is 0 Å². The molecule has 2 aliphatic rings. The maximum atomic E-state index is 11.4. The number of anilines is 1. The van der Waals surface area contributed by atoms with E-state index in [0.717, 1.165) is 45.7 Å². The van der Waals surface area contributed by atoms with Gasteiger partial charge in [0.2, 0.25) is 0 Å². The molecule has 0 N–H and O–H groups in total. The van der Waals surface area contributed by atoms with Crippen LogP contribution in [0.5, 0.6) is 0 Å². The molecule has 23 heavy (non-hydrogen) atoms. The normalized spacial score (nSPS) is 22.6. The molecule has 0 spiro atoms. The van der Waals surface area contributed by atoms with E-state index in [1.165, 1.54) is 16.8 Å². The molecule has 0 saturated carbocycles. The van der Waals surface area contributed by atoms with Gasteiger partial charge in [0, 0.05) is 45.5 Å². The van der Waals surface area contributed by atoms with E-state index < -0.39 is 0 Å². The van der Waals surface area contributed by atoms with Gasteiger partial charge in [0.1, 0.15) is 6.10 Å². The van der Waals surface area contributed by atoms with Crippen molar-refractivity contribution in [2.45, 2.75) is 26.4 Å². The Labute approximate surface area is 138 Å². The lowest BCUT2D eigenvalue weighted by atomic mass is 10.1. The van der Waals surface area contributed by atoms with E-state index in [0.29, 0.717) is 0 Å². The third-order valence-electron chi connectivity index (χ3n) is 5.05. The maximum absolute atomic E-state index is 11.4. The standard InChI is InChI=1S/C18H27N3O2/c1-14-4-5-16(12-15(14)2)21-10-8-20(9-11-21)7-6-17-13-19(3)18(22)23-17/h4-5,12,17H,6-11,13H2,1-3H3. The lowest BCUT2D eigenvalue weighted by Crippen LogP contribution is -2.47. The number of nitrogens with zero attached hydrogens (tertiary/aromatic N) is 3. The summed E-state index contributed by atoms with van der Waals surface area (Å²) in [5.74, 6) is 0. The number of aryl methyl sites for hydroxylation is 2. The van der Waals surface area contributed by atoms with E-state index in [4.69, 9.17) is 4.74 Å². The van der Waals surface area contributed by atoms with Crippen LogP contribution in [0, 0.1) is 13.8 Å². The van der Waals surface area contributed by atoms with Gasteiger partial charge in [-0.1, -0.05) is 6.07 Å². The van der Waals surface area contributed by atoms with Gasteiger partial charge in [-0.05, 0) is 43.5 Å². The minimum atomic E-state index is -0.186. The van der Waals surface area contributed by atoms with Crippen LogP contribution in [-0.4, -0.2) is 68.3 Å². The van der Waals surface area contributed by atoms with Crippen molar-refractivity contribution in [3.63, 3.8) is 0 Å². The number of amides is 1. The fraction of sp³-hybridized carbons (Fsp3) is 0.611. The van der Waals surface area contributed by atoms with Gasteiger partial charge < -0.3 is 14.5 Å². The smallest absolute Gasteiger partial charge is 0.409 e. The van der Waals surface area contributed by atoms with Gasteiger partial charge in [0.25, 0.3) is 0 Å². The van der Waals surface area contributed by atoms with E-state index in [1.807, 2.05) is 0 Å². The first-order valence-electron chi connectivity index (χ1n) is 8.49. The van der Waals surface area contributed by atoms with Gasteiger partial charge >= 0.3 is 6.09 Å². The Kier molecular flexibility index (Phi) is 4.76. The van der Waals surface area contributed by atoms with Crippen LogP contribution in [0.4, 0.5) is 10.5 Å². The molecule has 2 heterocycles. The van der Waals surface area contributed by atoms with Crippen LogP contribution in [0.15, 0.2) is 18.2 Å².